The van der Waals surface area contributed by atoms with Gasteiger partial charge in [-0.15, -0.1) is 0 Å². The number of hydrogen-bond acceptors (Lipinski definition) is 7. The van der Waals surface area contributed by atoms with E-state index >= 15 is 0 Å². The third kappa shape index (κ3) is 4.08. The fraction of sp³-hybridized carbons (Fsp3) is 0.278. The quantitative estimate of drug-likeness (QED) is 0.579. The second-order valence-corrected chi connectivity index (χ2v) is 5.39. The highest BCUT2D eigenvalue weighted by Crippen LogP contribution is 2.37. The largest absolute Gasteiger partial charge is 0.468 e. The lowest BCUT2D eigenvalue weighted by Crippen LogP contribution is -2.31. The molecule has 0 aliphatic carbocycles. The summed E-state index contributed by atoms with van der Waals surface area (Å²) < 4.78 is 27.5. The molecule has 1 aliphatic rings. The van der Waals surface area contributed by atoms with Gasteiger partial charge in [-0.25, -0.2) is 14.0 Å². The minimum absolute atomic E-state index is 0.103. The topological polar surface area (TPSA) is 82.1 Å². The van der Waals surface area contributed by atoms with Gasteiger partial charge in [0.25, 0.3) is 0 Å². The van der Waals surface area contributed by atoms with Crippen molar-refractivity contribution in [2.45, 2.75) is 5.92 Å². The van der Waals surface area contributed by atoms with Gasteiger partial charge in [0.15, 0.2) is 0 Å². The van der Waals surface area contributed by atoms with Crippen LogP contribution in [0.4, 0.5) is 4.39 Å². The monoisotopic (exact) mass is 363 g/mol. The first kappa shape index (κ1) is 19.2. The molecule has 0 saturated heterocycles. The standard InChI is InChI=1S/C18H18FNO6/c1-24-15(21)10-20-8-13(17(22)25-2)16(14(9-20)18(23)26-3)11-4-6-12(19)7-5-11/h4-9,16H,10H2,1-3H3. The van der Waals surface area contributed by atoms with E-state index in [4.69, 9.17) is 9.47 Å². The molecule has 2 rings (SSSR count). The summed E-state index contributed by atoms with van der Waals surface area (Å²) in [4.78, 5) is 37.5. The Labute approximate surface area is 149 Å². The molecule has 0 radical (unpaired) electrons. The molecule has 1 aromatic rings. The molecule has 0 unspecified atom stereocenters. The molecule has 138 valence electrons. The van der Waals surface area contributed by atoms with E-state index in [1.807, 2.05) is 0 Å². The molecule has 8 heteroatoms. The van der Waals surface area contributed by atoms with E-state index in [9.17, 15) is 18.8 Å². The highest BCUT2D eigenvalue weighted by atomic mass is 19.1. The number of nitrogens with zero attached hydrogens (tertiary/aromatic N) is 1. The molecular formula is C18H18FNO6. The Kier molecular flexibility index (Phi) is 6.11. The molecule has 7 nitrogen and oxygen atoms in total. The van der Waals surface area contributed by atoms with Crippen LogP contribution in [0.2, 0.25) is 0 Å². The number of ether oxygens (including phenoxy) is 3. The number of benzene rings is 1. The Morgan fingerprint density at radius 2 is 1.42 bits per heavy atom. The van der Waals surface area contributed by atoms with Gasteiger partial charge in [0.05, 0.1) is 38.4 Å². The van der Waals surface area contributed by atoms with Crippen LogP contribution < -0.4 is 0 Å². The van der Waals surface area contributed by atoms with E-state index in [0.717, 1.165) is 0 Å². The summed E-state index contributed by atoms with van der Waals surface area (Å²) in [6.07, 6.45) is 2.78. The zero-order valence-corrected chi connectivity index (χ0v) is 14.5. The van der Waals surface area contributed by atoms with Gasteiger partial charge in [-0.3, -0.25) is 4.79 Å². The Balaban J connectivity index is 2.56. The normalized spacial score (nSPS) is 14.2. The maximum Gasteiger partial charge on any atom is 0.336 e. The van der Waals surface area contributed by atoms with Gasteiger partial charge in [-0.05, 0) is 17.7 Å². The van der Waals surface area contributed by atoms with Crippen molar-refractivity contribution in [1.29, 1.82) is 0 Å². The second-order valence-electron chi connectivity index (χ2n) is 5.39. The van der Waals surface area contributed by atoms with Crippen LogP contribution in [0.3, 0.4) is 0 Å². The summed E-state index contributed by atoms with van der Waals surface area (Å²) >= 11 is 0. The van der Waals surface area contributed by atoms with E-state index in [2.05, 4.69) is 4.74 Å². The first-order valence-electron chi connectivity index (χ1n) is 7.59. The molecule has 0 bridgehead atoms. The average molecular weight is 363 g/mol. The smallest absolute Gasteiger partial charge is 0.336 e. The van der Waals surface area contributed by atoms with Gasteiger partial charge < -0.3 is 19.1 Å². The molecule has 0 N–H and O–H groups in total. The summed E-state index contributed by atoms with van der Waals surface area (Å²) in [5.74, 6) is -3.23. The third-order valence-corrected chi connectivity index (χ3v) is 3.82. The van der Waals surface area contributed by atoms with E-state index < -0.39 is 29.6 Å². The predicted molar refractivity (Wildman–Crippen MR) is 88.1 cm³/mol. The van der Waals surface area contributed by atoms with Crippen LogP contribution in [-0.4, -0.2) is 50.7 Å². The van der Waals surface area contributed by atoms with Crippen LogP contribution in [0.25, 0.3) is 0 Å². The van der Waals surface area contributed by atoms with E-state index in [1.165, 1.54) is 62.9 Å². The minimum atomic E-state index is -0.829. The molecule has 26 heavy (non-hydrogen) atoms. The number of carbonyl (C=O) groups is 3. The Morgan fingerprint density at radius 3 is 1.85 bits per heavy atom. The summed E-state index contributed by atoms with van der Waals surface area (Å²) in [6.45, 7) is -0.215. The lowest BCUT2D eigenvalue weighted by molar-refractivity contribution is -0.142. The third-order valence-electron chi connectivity index (χ3n) is 3.82. The summed E-state index contributed by atoms with van der Waals surface area (Å²) in [5.41, 5.74) is 0.703. The van der Waals surface area contributed by atoms with Crippen molar-refractivity contribution in [2.75, 3.05) is 27.9 Å². The highest BCUT2D eigenvalue weighted by molar-refractivity contribution is 5.98. The van der Waals surface area contributed by atoms with Crippen molar-refractivity contribution >= 4 is 17.9 Å². The van der Waals surface area contributed by atoms with Gasteiger partial charge in [0.2, 0.25) is 0 Å². The molecule has 1 aromatic carbocycles. The number of halogens is 1. The lowest BCUT2D eigenvalue weighted by atomic mass is 9.83. The highest BCUT2D eigenvalue weighted by Gasteiger charge is 2.35. The van der Waals surface area contributed by atoms with E-state index in [0.29, 0.717) is 5.56 Å². The Hall–Kier alpha value is -3.16. The molecule has 0 amide bonds. The SMILES string of the molecule is COC(=O)CN1C=C(C(=O)OC)C(c2ccc(F)cc2)C(C(=O)OC)=C1. The van der Waals surface area contributed by atoms with Crippen molar-refractivity contribution in [3.05, 3.63) is 59.2 Å². The van der Waals surface area contributed by atoms with Crippen molar-refractivity contribution < 1.29 is 33.0 Å². The van der Waals surface area contributed by atoms with E-state index in [-0.39, 0.29) is 17.7 Å². The van der Waals surface area contributed by atoms with Crippen LogP contribution in [0, 0.1) is 5.82 Å². The van der Waals surface area contributed by atoms with Crippen LogP contribution in [0.1, 0.15) is 11.5 Å². The average Bonchev–Trinajstić information content (AvgIpc) is 2.66. The molecule has 1 heterocycles. The number of hydrogen-bond donors (Lipinski definition) is 0. The number of carbonyl (C=O) groups excluding carboxylic acids is 3. The molecular weight excluding hydrogens is 345 g/mol. The molecule has 0 saturated carbocycles. The maximum absolute atomic E-state index is 13.3. The van der Waals surface area contributed by atoms with Crippen LogP contribution in [0.5, 0.6) is 0 Å². The number of methoxy groups -OCH3 is 3. The number of esters is 3. The number of rotatable bonds is 5. The van der Waals surface area contributed by atoms with Gasteiger partial charge in [-0.1, -0.05) is 12.1 Å². The second kappa shape index (κ2) is 8.28. The minimum Gasteiger partial charge on any atom is -0.468 e. The van der Waals surface area contributed by atoms with Crippen LogP contribution in [0.15, 0.2) is 47.8 Å². The van der Waals surface area contributed by atoms with Gasteiger partial charge in [0.1, 0.15) is 12.4 Å². The molecule has 1 aliphatic heterocycles. The molecule has 0 aromatic heterocycles. The van der Waals surface area contributed by atoms with Crippen LogP contribution >= 0.6 is 0 Å². The van der Waals surface area contributed by atoms with Crippen molar-refractivity contribution in [2.24, 2.45) is 0 Å². The summed E-state index contributed by atoms with van der Waals surface area (Å²) in [7, 11) is 3.63. The Morgan fingerprint density at radius 1 is 0.923 bits per heavy atom. The van der Waals surface area contributed by atoms with Crippen molar-refractivity contribution in [1.82, 2.24) is 4.90 Å². The maximum atomic E-state index is 13.3. The zero-order chi connectivity index (χ0) is 19.3. The zero-order valence-electron chi connectivity index (χ0n) is 14.5. The van der Waals surface area contributed by atoms with Gasteiger partial charge in [-0.2, -0.15) is 0 Å². The summed E-state index contributed by atoms with van der Waals surface area (Å²) in [6, 6.07) is 5.37. The van der Waals surface area contributed by atoms with Gasteiger partial charge >= 0.3 is 17.9 Å². The van der Waals surface area contributed by atoms with Crippen molar-refractivity contribution in [3.63, 3.8) is 0 Å². The lowest BCUT2D eigenvalue weighted by Gasteiger charge is -2.29. The van der Waals surface area contributed by atoms with Crippen molar-refractivity contribution in [3.8, 4) is 0 Å². The Bertz CT molecular complexity index is 734. The van der Waals surface area contributed by atoms with Crippen LogP contribution in [-0.2, 0) is 28.6 Å². The first-order valence-corrected chi connectivity index (χ1v) is 7.59. The van der Waals surface area contributed by atoms with E-state index in [1.54, 1.807) is 0 Å². The fourth-order valence-electron chi connectivity index (χ4n) is 2.61. The van der Waals surface area contributed by atoms with Gasteiger partial charge in [0, 0.05) is 12.4 Å². The summed E-state index contributed by atoms with van der Waals surface area (Å²) in [5, 5.41) is 0. The predicted octanol–water partition coefficient (Wildman–Crippen LogP) is 1.51. The molecule has 0 atom stereocenters. The first-order chi connectivity index (χ1) is 12.4. The molecule has 0 spiro atoms. The molecule has 0 fully saturated rings. The fourth-order valence-corrected chi connectivity index (χ4v) is 2.61.